The Morgan fingerprint density at radius 3 is 2.60 bits per heavy atom. The van der Waals surface area contributed by atoms with Gasteiger partial charge in [0.15, 0.2) is 0 Å². The van der Waals surface area contributed by atoms with E-state index in [2.05, 4.69) is 0 Å². The molecule has 0 bridgehead atoms. The fourth-order valence-corrected chi connectivity index (χ4v) is 2.05. The minimum Gasteiger partial charge on any atom is -0.489 e. The predicted octanol–water partition coefficient (Wildman–Crippen LogP) is 3.04. The van der Waals surface area contributed by atoms with Crippen molar-refractivity contribution in [3.63, 3.8) is 0 Å². The Morgan fingerprint density at radius 2 is 1.85 bits per heavy atom. The van der Waals surface area contributed by atoms with Crippen LogP contribution in [-0.2, 0) is 6.61 Å². The van der Waals surface area contributed by atoms with Crippen LogP contribution in [0.15, 0.2) is 54.6 Å². The van der Waals surface area contributed by atoms with Crippen LogP contribution >= 0.6 is 0 Å². The first kappa shape index (κ1) is 14.6. The highest BCUT2D eigenvalue weighted by atomic mass is 16.5. The van der Waals surface area contributed by atoms with Gasteiger partial charge in [0.25, 0.3) is 0 Å². The fourth-order valence-electron chi connectivity index (χ4n) is 2.05. The minimum absolute atomic E-state index is 0.0533. The second-order valence-electron chi connectivity index (χ2n) is 4.82. The second kappa shape index (κ2) is 7.68. The lowest BCUT2D eigenvalue weighted by Crippen LogP contribution is -2.11. The Hall–Kier alpha value is -1.84. The molecule has 0 amide bonds. The highest BCUT2D eigenvalue weighted by molar-refractivity contribution is 5.30. The van der Waals surface area contributed by atoms with Gasteiger partial charge >= 0.3 is 0 Å². The van der Waals surface area contributed by atoms with Crippen LogP contribution in [0.4, 0.5) is 0 Å². The van der Waals surface area contributed by atoms with E-state index in [9.17, 15) is 0 Å². The minimum atomic E-state index is -0.0533. The number of nitrogens with two attached hydrogens (primary N) is 1. The Morgan fingerprint density at radius 1 is 1.05 bits per heavy atom. The van der Waals surface area contributed by atoms with E-state index >= 15 is 0 Å². The molecule has 0 unspecified atom stereocenters. The van der Waals surface area contributed by atoms with Crippen LogP contribution in [0.25, 0.3) is 0 Å². The van der Waals surface area contributed by atoms with Crippen LogP contribution in [0.1, 0.15) is 30.0 Å². The second-order valence-corrected chi connectivity index (χ2v) is 4.82. The van der Waals surface area contributed by atoms with E-state index in [0.29, 0.717) is 6.61 Å². The number of hydrogen-bond donors (Lipinski definition) is 2. The molecule has 0 saturated heterocycles. The lowest BCUT2D eigenvalue weighted by molar-refractivity contribution is 0.279. The topological polar surface area (TPSA) is 55.5 Å². The molecule has 1 atom stereocenters. The maximum Gasteiger partial charge on any atom is 0.120 e. The molecule has 0 fully saturated rings. The van der Waals surface area contributed by atoms with Gasteiger partial charge in [0.2, 0.25) is 0 Å². The molecule has 3 nitrogen and oxygen atoms in total. The number of aliphatic hydroxyl groups is 1. The third-order valence-corrected chi connectivity index (χ3v) is 3.21. The smallest absolute Gasteiger partial charge is 0.120 e. The molecule has 106 valence electrons. The highest BCUT2D eigenvalue weighted by Gasteiger charge is 2.06. The van der Waals surface area contributed by atoms with Crippen LogP contribution in [-0.4, -0.2) is 11.7 Å². The van der Waals surface area contributed by atoms with E-state index in [1.807, 2.05) is 54.6 Å². The van der Waals surface area contributed by atoms with Crippen molar-refractivity contribution >= 4 is 0 Å². The van der Waals surface area contributed by atoms with Gasteiger partial charge in [0, 0.05) is 12.6 Å². The molecule has 0 aliphatic carbocycles. The molecule has 0 aliphatic heterocycles. The van der Waals surface area contributed by atoms with Crippen molar-refractivity contribution in [1.29, 1.82) is 0 Å². The molecule has 0 aliphatic rings. The SMILES string of the molecule is N[C@H](CCCO)c1cccc(OCc2ccccc2)c1. The van der Waals surface area contributed by atoms with Crippen molar-refractivity contribution < 1.29 is 9.84 Å². The average Bonchev–Trinajstić information content (AvgIpc) is 2.52. The maximum atomic E-state index is 8.85. The van der Waals surface area contributed by atoms with Gasteiger partial charge in [-0.2, -0.15) is 0 Å². The van der Waals surface area contributed by atoms with Crippen molar-refractivity contribution in [3.05, 3.63) is 65.7 Å². The van der Waals surface area contributed by atoms with E-state index in [1.165, 1.54) is 0 Å². The largest absolute Gasteiger partial charge is 0.489 e. The summed E-state index contributed by atoms with van der Waals surface area (Å²) in [6, 6.07) is 17.9. The lowest BCUT2D eigenvalue weighted by Gasteiger charge is -2.13. The van der Waals surface area contributed by atoms with Crippen LogP contribution in [0.2, 0.25) is 0 Å². The lowest BCUT2D eigenvalue weighted by atomic mass is 10.0. The Bertz CT molecular complexity index is 513. The summed E-state index contributed by atoms with van der Waals surface area (Å²) in [5.74, 6) is 0.825. The molecular weight excluding hydrogens is 250 g/mol. The number of ether oxygens (including phenoxy) is 1. The summed E-state index contributed by atoms with van der Waals surface area (Å²) in [4.78, 5) is 0. The zero-order chi connectivity index (χ0) is 14.2. The fraction of sp³-hybridized carbons (Fsp3) is 0.294. The van der Waals surface area contributed by atoms with Crippen molar-refractivity contribution in [2.75, 3.05) is 6.61 Å². The molecule has 3 heteroatoms. The van der Waals surface area contributed by atoms with Crippen molar-refractivity contribution in [3.8, 4) is 5.75 Å². The monoisotopic (exact) mass is 271 g/mol. The summed E-state index contributed by atoms with van der Waals surface area (Å²) in [5.41, 5.74) is 8.28. The van der Waals surface area contributed by atoms with E-state index in [1.54, 1.807) is 0 Å². The Kier molecular flexibility index (Phi) is 5.59. The van der Waals surface area contributed by atoms with Crippen LogP contribution in [0.3, 0.4) is 0 Å². The first-order valence-electron chi connectivity index (χ1n) is 6.92. The predicted molar refractivity (Wildman–Crippen MR) is 80.5 cm³/mol. The molecule has 2 aromatic rings. The molecule has 2 aromatic carbocycles. The number of rotatable bonds is 7. The van der Waals surface area contributed by atoms with Gasteiger partial charge < -0.3 is 15.6 Å². The van der Waals surface area contributed by atoms with Crippen LogP contribution in [0, 0.1) is 0 Å². The molecule has 0 radical (unpaired) electrons. The summed E-state index contributed by atoms with van der Waals surface area (Å²) in [5, 5.41) is 8.85. The van der Waals surface area contributed by atoms with Crippen LogP contribution < -0.4 is 10.5 Å². The van der Waals surface area contributed by atoms with Crippen LogP contribution in [0.5, 0.6) is 5.75 Å². The molecule has 0 heterocycles. The van der Waals surface area contributed by atoms with Crippen molar-refractivity contribution in [2.24, 2.45) is 5.73 Å². The summed E-state index contributed by atoms with van der Waals surface area (Å²) in [7, 11) is 0. The van der Waals surface area contributed by atoms with Gasteiger partial charge in [-0.15, -0.1) is 0 Å². The third kappa shape index (κ3) is 4.37. The summed E-state index contributed by atoms with van der Waals surface area (Å²) in [6.45, 7) is 0.730. The third-order valence-electron chi connectivity index (χ3n) is 3.21. The highest BCUT2D eigenvalue weighted by Crippen LogP contribution is 2.21. The summed E-state index contributed by atoms with van der Waals surface area (Å²) < 4.78 is 5.78. The quantitative estimate of drug-likeness (QED) is 0.814. The summed E-state index contributed by atoms with van der Waals surface area (Å²) >= 11 is 0. The van der Waals surface area contributed by atoms with E-state index < -0.39 is 0 Å². The van der Waals surface area contributed by atoms with E-state index in [4.69, 9.17) is 15.6 Å². The normalized spacial score (nSPS) is 12.1. The molecule has 0 saturated carbocycles. The molecule has 0 aromatic heterocycles. The molecule has 3 N–H and O–H groups in total. The van der Waals surface area contributed by atoms with E-state index in [0.717, 1.165) is 29.7 Å². The van der Waals surface area contributed by atoms with Gasteiger partial charge in [-0.3, -0.25) is 0 Å². The summed E-state index contributed by atoms with van der Waals surface area (Å²) in [6.07, 6.45) is 1.49. The van der Waals surface area contributed by atoms with Crippen molar-refractivity contribution in [1.82, 2.24) is 0 Å². The van der Waals surface area contributed by atoms with E-state index in [-0.39, 0.29) is 12.6 Å². The zero-order valence-electron chi connectivity index (χ0n) is 11.5. The molecule has 2 rings (SSSR count). The molecule has 0 spiro atoms. The van der Waals surface area contributed by atoms with Gasteiger partial charge in [0.05, 0.1) is 0 Å². The number of aliphatic hydroxyl groups excluding tert-OH is 1. The van der Waals surface area contributed by atoms with Gasteiger partial charge in [-0.1, -0.05) is 42.5 Å². The number of benzene rings is 2. The van der Waals surface area contributed by atoms with Crippen molar-refractivity contribution in [2.45, 2.75) is 25.5 Å². The Balaban J connectivity index is 1.95. The van der Waals surface area contributed by atoms with Gasteiger partial charge in [-0.05, 0) is 36.1 Å². The Labute approximate surface area is 120 Å². The first-order chi connectivity index (χ1) is 9.79. The molecular formula is C17H21NO2. The van der Waals surface area contributed by atoms with Gasteiger partial charge in [-0.25, -0.2) is 0 Å². The number of hydrogen-bond acceptors (Lipinski definition) is 3. The maximum absolute atomic E-state index is 8.85. The van der Waals surface area contributed by atoms with Gasteiger partial charge in [0.1, 0.15) is 12.4 Å². The standard InChI is InChI=1S/C17H21NO2/c18-17(10-5-11-19)15-8-4-9-16(12-15)20-13-14-6-2-1-3-7-14/h1-4,6-9,12,17,19H,5,10-11,13,18H2/t17-/m1/s1. The molecule has 20 heavy (non-hydrogen) atoms. The average molecular weight is 271 g/mol. The zero-order valence-corrected chi connectivity index (χ0v) is 11.5. The first-order valence-corrected chi connectivity index (χ1v) is 6.92.